The van der Waals surface area contributed by atoms with Gasteiger partial charge in [0.25, 0.3) is 0 Å². The van der Waals surface area contributed by atoms with E-state index in [0.29, 0.717) is 22.4 Å². The maximum absolute atomic E-state index is 5.94. The van der Waals surface area contributed by atoms with Crippen LogP contribution in [0.1, 0.15) is 24.7 Å². The second kappa shape index (κ2) is 7.58. The molecule has 0 aliphatic heterocycles. The first-order valence-electron chi connectivity index (χ1n) is 6.54. The van der Waals surface area contributed by atoms with Gasteiger partial charge in [0, 0.05) is 18.2 Å². The predicted octanol–water partition coefficient (Wildman–Crippen LogP) is 4.67. The largest absolute Gasteiger partial charge is 0.486 e. The minimum absolute atomic E-state index is 0.369. The van der Waals surface area contributed by atoms with Crippen LogP contribution in [-0.4, -0.2) is 6.54 Å². The molecular weight excluding hydrogens is 297 g/mol. The van der Waals surface area contributed by atoms with Gasteiger partial charge in [-0.3, -0.25) is 0 Å². The number of ether oxygens (including phenoxy) is 1. The minimum atomic E-state index is 0.369. The van der Waals surface area contributed by atoms with Gasteiger partial charge in [0.2, 0.25) is 0 Å². The molecule has 0 aliphatic rings. The van der Waals surface area contributed by atoms with Crippen molar-refractivity contribution in [3.05, 3.63) is 51.9 Å². The maximum atomic E-state index is 5.94. The van der Waals surface area contributed by atoms with Gasteiger partial charge in [0.05, 0.1) is 16.3 Å². The molecule has 0 unspecified atom stereocenters. The van der Waals surface area contributed by atoms with Gasteiger partial charge >= 0.3 is 0 Å². The Balaban J connectivity index is 1.93. The summed E-state index contributed by atoms with van der Waals surface area (Å²) in [5.41, 5.74) is 1.11. The van der Waals surface area contributed by atoms with Crippen molar-refractivity contribution in [2.45, 2.75) is 26.5 Å². The van der Waals surface area contributed by atoms with Crippen molar-refractivity contribution in [1.82, 2.24) is 5.32 Å². The highest BCUT2D eigenvalue weighted by atomic mass is 35.5. The van der Waals surface area contributed by atoms with E-state index in [4.69, 9.17) is 32.4 Å². The standard InChI is InChI=1S/C15H17Cl2NO2/c1-2-6-18-9-11-5-7-19-15(11)10-20-12-3-4-13(16)14(17)8-12/h3-5,7-8,18H,2,6,9-10H2,1H3. The highest BCUT2D eigenvalue weighted by Crippen LogP contribution is 2.27. The van der Waals surface area contributed by atoms with Gasteiger partial charge in [-0.25, -0.2) is 0 Å². The first kappa shape index (κ1) is 15.2. The van der Waals surface area contributed by atoms with Crippen molar-refractivity contribution in [3.63, 3.8) is 0 Å². The Kier molecular flexibility index (Phi) is 5.77. The molecule has 1 aromatic carbocycles. The topological polar surface area (TPSA) is 34.4 Å². The molecule has 1 N–H and O–H groups in total. The molecule has 0 amide bonds. The lowest BCUT2D eigenvalue weighted by molar-refractivity contribution is 0.268. The van der Waals surface area contributed by atoms with Crippen LogP contribution in [-0.2, 0) is 13.2 Å². The van der Waals surface area contributed by atoms with E-state index in [1.54, 1.807) is 24.5 Å². The monoisotopic (exact) mass is 313 g/mol. The molecule has 0 fully saturated rings. The molecule has 0 bridgehead atoms. The zero-order valence-electron chi connectivity index (χ0n) is 11.3. The van der Waals surface area contributed by atoms with E-state index in [2.05, 4.69) is 12.2 Å². The van der Waals surface area contributed by atoms with Gasteiger partial charge < -0.3 is 14.5 Å². The smallest absolute Gasteiger partial charge is 0.146 e. The van der Waals surface area contributed by atoms with Crippen LogP contribution >= 0.6 is 23.2 Å². The molecule has 2 rings (SSSR count). The highest BCUT2D eigenvalue weighted by Gasteiger charge is 2.07. The van der Waals surface area contributed by atoms with Crippen LogP contribution in [0.2, 0.25) is 10.0 Å². The number of hydrogen-bond donors (Lipinski definition) is 1. The number of hydrogen-bond acceptors (Lipinski definition) is 3. The Labute approximate surface area is 128 Å². The lowest BCUT2D eigenvalue weighted by atomic mass is 10.2. The van der Waals surface area contributed by atoms with Crippen LogP contribution < -0.4 is 10.1 Å². The molecule has 0 saturated carbocycles. The number of rotatable bonds is 7. The number of nitrogens with one attached hydrogen (secondary N) is 1. The van der Waals surface area contributed by atoms with Gasteiger partial charge in [-0.1, -0.05) is 30.1 Å². The van der Waals surface area contributed by atoms with Gasteiger partial charge in [-0.15, -0.1) is 0 Å². The lowest BCUT2D eigenvalue weighted by Crippen LogP contribution is -2.14. The summed E-state index contributed by atoms with van der Waals surface area (Å²) in [6, 6.07) is 7.15. The molecule has 20 heavy (non-hydrogen) atoms. The van der Waals surface area contributed by atoms with E-state index < -0.39 is 0 Å². The maximum Gasteiger partial charge on any atom is 0.146 e. The van der Waals surface area contributed by atoms with E-state index in [1.807, 2.05) is 6.07 Å². The zero-order chi connectivity index (χ0) is 14.4. The fraction of sp³-hybridized carbons (Fsp3) is 0.333. The third-order valence-corrected chi connectivity index (χ3v) is 3.58. The Morgan fingerprint density at radius 3 is 2.80 bits per heavy atom. The molecule has 0 atom stereocenters. The van der Waals surface area contributed by atoms with Gasteiger partial charge in [-0.05, 0) is 31.2 Å². The van der Waals surface area contributed by atoms with E-state index >= 15 is 0 Å². The molecule has 0 saturated heterocycles. The normalized spacial score (nSPS) is 10.8. The van der Waals surface area contributed by atoms with Crippen molar-refractivity contribution >= 4 is 23.2 Å². The van der Waals surface area contributed by atoms with Crippen molar-refractivity contribution in [1.29, 1.82) is 0 Å². The lowest BCUT2D eigenvalue weighted by Gasteiger charge is -2.07. The summed E-state index contributed by atoms with van der Waals surface area (Å²) in [6.45, 7) is 4.27. The summed E-state index contributed by atoms with van der Waals surface area (Å²) in [6.07, 6.45) is 2.78. The van der Waals surface area contributed by atoms with Crippen LogP contribution in [0.3, 0.4) is 0 Å². The van der Waals surface area contributed by atoms with Crippen LogP contribution in [0.4, 0.5) is 0 Å². The zero-order valence-corrected chi connectivity index (χ0v) is 12.8. The van der Waals surface area contributed by atoms with Crippen molar-refractivity contribution in [2.75, 3.05) is 6.54 Å². The summed E-state index contributed by atoms with van der Waals surface area (Å²) in [5, 5.41) is 4.33. The first-order chi connectivity index (χ1) is 9.70. The summed E-state index contributed by atoms with van der Waals surface area (Å²) in [7, 11) is 0. The fourth-order valence-electron chi connectivity index (χ4n) is 1.77. The van der Waals surface area contributed by atoms with E-state index in [-0.39, 0.29) is 0 Å². The molecule has 108 valence electrons. The first-order valence-corrected chi connectivity index (χ1v) is 7.30. The summed E-state index contributed by atoms with van der Waals surface area (Å²) in [5.74, 6) is 1.49. The van der Waals surface area contributed by atoms with Crippen molar-refractivity contribution in [3.8, 4) is 5.75 Å². The average Bonchev–Trinajstić information content (AvgIpc) is 2.88. The molecular formula is C15H17Cl2NO2. The fourth-order valence-corrected chi connectivity index (χ4v) is 2.05. The Hall–Kier alpha value is -1.16. The van der Waals surface area contributed by atoms with Crippen LogP contribution in [0.25, 0.3) is 0 Å². The highest BCUT2D eigenvalue weighted by molar-refractivity contribution is 6.42. The Morgan fingerprint density at radius 1 is 1.20 bits per heavy atom. The van der Waals surface area contributed by atoms with Gasteiger partial charge in [-0.2, -0.15) is 0 Å². The Bertz CT molecular complexity index is 555. The van der Waals surface area contributed by atoms with Gasteiger partial charge in [0.1, 0.15) is 18.1 Å². The third kappa shape index (κ3) is 4.17. The minimum Gasteiger partial charge on any atom is -0.486 e. The molecule has 0 radical (unpaired) electrons. The molecule has 0 aliphatic carbocycles. The van der Waals surface area contributed by atoms with E-state index in [1.165, 1.54) is 0 Å². The van der Waals surface area contributed by atoms with Crippen LogP contribution in [0, 0.1) is 0 Å². The SMILES string of the molecule is CCCNCc1ccoc1COc1ccc(Cl)c(Cl)c1. The second-order valence-electron chi connectivity index (χ2n) is 4.41. The molecule has 1 heterocycles. The summed E-state index contributed by atoms with van der Waals surface area (Å²) in [4.78, 5) is 0. The molecule has 1 aromatic heterocycles. The number of furan rings is 1. The van der Waals surface area contributed by atoms with E-state index in [9.17, 15) is 0 Å². The number of halogens is 2. The van der Waals surface area contributed by atoms with E-state index in [0.717, 1.165) is 30.8 Å². The number of benzene rings is 1. The van der Waals surface area contributed by atoms with Crippen molar-refractivity contribution in [2.24, 2.45) is 0 Å². The molecule has 5 heteroatoms. The molecule has 2 aromatic rings. The van der Waals surface area contributed by atoms with Crippen LogP contribution in [0.5, 0.6) is 5.75 Å². The molecule has 3 nitrogen and oxygen atoms in total. The summed E-state index contributed by atoms with van der Waals surface area (Å²) >= 11 is 11.8. The second-order valence-corrected chi connectivity index (χ2v) is 5.22. The average molecular weight is 314 g/mol. The third-order valence-electron chi connectivity index (χ3n) is 2.84. The Morgan fingerprint density at radius 2 is 2.05 bits per heavy atom. The summed E-state index contributed by atoms with van der Waals surface area (Å²) < 4.78 is 11.1. The van der Waals surface area contributed by atoms with Gasteiger partial charge in [0.15, 0.2) is 0 Å². The predicted molar refractivity (Wildman–Crippen MR) is 81.5 cm³/mol. The quantitative estimate of drug-likeness (QED) is 0.755. The molecule has 0 spiro atoms. The van der Waals surface area contributed by atoms with Crippen molar-refractivity contribution < 1.29 is 9.15 Å². The van der Waals surface area contributed by atoms with Crippen LogP contribution in [0.15, 0.2) is 34.9 Å².